The lowest BCUT2D eigenvalue weighted by Gasteiger charge is -2.26. The molecule has 1 aliphatic carbocycles. The molecular formula is C26H22NO3P. The molecule has 0 saturated heterocycles. The average Bonchev–Trinajstić information content (AvgIpc) is 2.77. The third kappa shape index (κ3) is 3.95. The molecule has 3 aromatic carbocycles. The second-order valence-corrected chi connectivity index (χ2v) is 10.3. The molecular weight excluding hydrogens is 405 g/mol. The van der Waals surface area contributed by atoms with Crippen molar-refractivity contribution >= 4 is 35.0 Å². The molecule has 0 unspecified atom stereocenters. The van der Waals surface area contributed by atoms with Crippen molar-refractivity contribution < 1.29 is 14.2 Å². The molecule has 0 heterocycles. The van der Waals surface area contributed by atoms with Crippen LogP contribution in [0.15, 0.2) is 102 Å². The van der Waals surface area contributed by atoms with Crippen LogP contribution >= 0.6 is 7.14 Å². The van der Waals surface area contributed by atoms with E-state index in [0.717, 1.165) is 11.1 Å². The summed E-state index contributed by atoms with van der Waals surface area (Å²) in [5.41, 5.74) is 2.73. The zero-order chi connectivity index (χ0) is 22.0. The number of para-hydroxylation sites is 1. The van der Waals surface area contributed by atoms with Gasteiger partial charge in [-0.1, -0.05) is 77.9 Å². The lowest BCUT2D eigenvalue weighted by Crippen LogP contribution is -2.27. The van der Waals surface area contributed by atoms with Gasteiger partial charge in [0.2, 0.25) is 5.78 Å². The van der Waals surface area contributed by atoms with Crippen LogP contribution in [0.1, 0.15) is 11.1 Å². The zero-order valence-electron chi connectivity index (χ0n) is 17.3. The second-order valence-electron chi connectivity index (χ2n) is 7.56. The van der Waals surface area contributed by atoms with Crippen LogP contribution in [0.4, 0.5) is 5.69 Å². The quantitative estimate of drug-likeness (QED) is 0.476. The van der Waals surface area contributed by atoms with Crippen molar-refractivity contribution in [2.24, 2.45) is 0 Å². The predicted molar refractivity (Wildman–Crippen MR) is 125 cm³/mol. The number of rotatable bonds is 5. The van der Waals surface area contributed by atoms with Gasteiger partial charge in [-0.05, 0) is 38.1 Å². The van der Waals surface area contributed by atoms with Gasteiger partial charge in [-0.3, -0.25) is 9.59 Å². The first-order valence-electron chi connectivity index (χ1n) is 9.98. The van der Waals surface area contributed by atoms with Crippen LogP contribution in [0.2, 0.25) is 0 Å². The molecule has 1 aliphatic rings. The van der Waals surface area contributed by atoms with E-state index < -0.39 is 12.9 Å². The van der Waals surface area contributed by atoms with Crippen LogP contribution in [-0.2, 0) is 14.2 Å². The molecule has 0 amide bonds. The minimum atomic E-state index is -3.63. The van der Waals surface area contributed by atoms with Gasteiger partial charge in [-0.2, -0.15) is 0 Å². The molecule has 0 atom stereocenters. The first kappa shape index (κ1) is 20.8. The molecule has 4 nitrogen and oxygen atoms in total. The van der Waals surface area contributed by atoms with E-state index in [1.165, 1.54) is 12.2 Å². The highest BCUT2D eigenvalue weighted by atomic mass is 31.2. The number of hydrogen-bond donors (Lipinski definition) is 1. The maximum absolute atomic E-state index is 14.8. The SMILES string of the molecule is Cc1ccc(P(=O)(C2=C(Nc3ccccc3)C(=O)C=CC2=O)c2ccc(C)cc2)cc1. The smallest absolute Gasteiger partial charge is 0.203 e. The summed E-state index contributed by atoms with van der Waals surface area (Å²) in [4.78, 5) is 26.1. The Morgan fingerprint density at radius 3 is 1.65 bits per heavy atom. The number of allylic oxidation sites excluding steroid dienone is 3. The van der Waals surface area contributed by atoms with Gasteiger partial charge < -0.3 is 9.88 Å². The van der Waals surface area contributed by atoms with E-state index in [4.69, 9.17) is 0 Å². The van der Waals surface area contributed by atoms with Crippen molar-refractivity contribution in [2.75, 3.05) is 5.32 Å². The molecule has 1 N–H and O–H groups in total. The summed E-state index contributed by atoms with van der Waals surface area (Å²) in [6.07, 6.45) is 2.44. The number of carbonyl (C=O) groups excluding carboxylic acids is 2. The summed E-state index contributed by atoms with van der Waals surface area (Å²) >= 11 is 0. The summed E-state index contributed by atoms with van der Waals surface area (Å²) in [5, 5.41) is 4.10. The summed E-state index contributed by atoms with van der Waals surface area (Å²) in [5.74, 6) is -0.805. The molecule has 31 heavy (non-hydrogen) atoms. The largest absolute Gasteiger partial charge is 0.352 e. The Kier molecular flexibility index (Phi) is 5.58. The summed E-state index contributed by atoms with van der Waals surface area (Å²) in [7, 11) is -3.63. The summed E-state index contributed by atoms with van der Waals surface area (Å²) < 4.78 is 14.8. The van der Waals surface area contributed by atoms with Crippen molar-refractivity contribution in [3.8, 4) is 0 Å². The van der Waals surface area contributed by atoms with Gasteiger partial charge in [0, 0.05) is 16.3 Å². The lowest BCUT2D eigenvalue weighted by atomic mass is 10.1. The van der Waals surface area contributed by atoms with Crippen molar-refractivity contribution in [2.45, 2.75) is 13.8 Å². The minimum absolute atomic E-state index is 0.0107. The topological polar surface area (TPSA) is 63.2 Å². The van der Waals surface area contributed by atoms with E-state index in [0.29, 0.717) is 16.3 Å². The van der Waals surface area contributed by atoms with Gasteiger partial charge in [0.1, 0.15) is 5.70 Å². The van der Waals surface area contributed by atoms with Gasteiger partial charge in [0.25, 0.3) is 0 Å². The number of nitrogens with one attached hydrogen (secondary N) is 1. The van der Waals surface area contributed by atoms with Crippen LogP contribution in [0.3, 0.4) is 0 Å². The predicted octanol–water partition coefficient (Wildman–Crippen LogP) is 4.65. The van der Waals surface area contributed by atoms with Crippen molar-refractivity contribution in [3.05, 3.63) is 113 Å². The molecule has 0 bridgehead atoms. The van der Waals surface area contributed by atoms with Gasteiger partial charge in [-0.15, -0.1) is 0 Å². The standard InChI is InChI=1S/C26H22NO3P/c1-18-8-12-21(13-9-18)31(30,22-14-10-19(2)11-15-22)26-24(29)17-16-23(28)25(26)27-20-6-4-3-5-7-20/h3-17,27H,1-2H3. The Bertz CT molecular complexity index is 1200. The number of hydrogen-bond acceptors (Lipinski definition) is 4. The van der Waals surface area contributed by atoms with Crippen LogP contribution in [0, 0.1) is 13.8 Å². The Hall–Kier alpha value is -3.49. The Balaban J connectivity index is 2.00. The number of anilines is 1. The highest BCUT2D eigenvalue weighted by Gasteiger charge is 2.40. The van der Waals surface area contributed by atoms with Crippen molar-refractivity contribution in [3.63, 3.8) is 0 Å². The minimum Gasteiger partial charge on any atom is -0.352 e. The highest BCUT2D eigenvalue weighted by molar-refractivity contribution is 7.83. The molecule has 4 rings (SSSR count). The zero-order valence-corrected chi connectivity index (χ0v) is 18.2. The van der Waals surface area contributed by atoms with E-state index in [2.05, 4.69) is 5.32 Å². The van der Waals surface area contributed by atoms with E-state index in [1.54, 1.807) is 36.4 Å². The first-order valence-corrected chi connectivity index (χ1v) is 11.7. The average molecular weight is 427 g/mol. The molecule has 0 radical (unpaired) electrons. The van der Waals surface area contributed by atoms with E-state index in [9.17, 15) is 14.2 Å². The van der Waals surface area contributed by atoms with Gasteiger partial charge >= 0.3 is 0 Å². The van der Waals surface area contributed by atoms with Crippen LogP contribution in [-0.4, -0.2) is 11.6 Å². The summed E-state index contributed by atoms with van der Waals surface area (Å²) in [6.45, 7) is 3.89. The molecule has 0 spiro atoms. The normalized spacial score (nSPS) is 14.1. The monoisotopic (exact) mass is 427 g/mol. The Labute approximate surface area is 181 Å². The number of aryl methyl sites for hydroxylation is 2. The molecule has 154 valence electrons. The number of benzene rings is 3. The van der Waals surface area contributed by atoms with Crippen LogP contribution < -0.4 is 15.9 Å². The molecule has 0 aliphatic heterocycles. The first-order chi connectivity index (χ1) is 14.9. The molecule has 0 saturated carbocycles. The Morgan fingerprint density at radius 1 is 0.645 bits per heavy atom. The number of carbonyl (C=O) groups is 2. The Morgan fingerprint density at radius 2 is 1.13 bits per heavy atom. The fraction of sp³-hybridized carbons (Fsp3) is 0.0769. The maximum atomic E-state index is 14.8. The van der Waals surface area contributed by atoms with E-state index >= 15 is 0 Å². The van der Waals surface area contributed by atoms with Gasteiger partial charge in [0.15, 0.2) is 12.9 Å². The van der Waals surface area contributed by atoms with E-state index in [-0.39, 0.29) is 16.8 Å². The molecule has 5 heteroatoms. The van der Waals surface area contributed by atoms with Crippen molar-refractivity contribution in [1.29, 1.82) is 0 Å². The maximum Gasteiger partial charge on any atom is 0.203 e. The fourth-order valence-electron chi connectivity index (χ4n) is 3.57. The fourth-order valence-corrected chi connectivity index (χ4v) is 6.39. The molecule has 3 aromatic rings. The number of ketones is 2. The summed E-state index contributed by atoms with van der Waals surface area (Å²) in [6, 6.07) is 23.7. The van der Waals surface area contributed by atoms with Gasteiger partial charge in [-0.25, -0.2) is 0 Å². The second kappa shape index (κ2) is 8.33. The van der Waals surface area contributed by atoms with Crippen LogP contribution in [0.25, 0.3) is 0 Å². The third-order valence-electron chi connectivity index (χ3n) is 5.26. The van der Waals surface area contributed by atoms with Crippen molar-refractivity contribution in [1.82, 2.24) is 0 Å². The van der Waals surface area contributed by atoms with E-state index in [1.807, 2.05) is 56.3 Å². The van der Waals surface area contributed by atoms with Crippen LogP contribution in [0.5, 0.6) is 0 Å². The third-order valence-corrected chi connectivity index (χ3v) is 8.38. The van der Waals surface area contributed by atoms with Gasteiger partial charge in [0.05, 0.1) is 5.31 Å². The lowest BCUT2D eigenvalue weighted by molar-refractivity contribution is -0.114. The highest BCUT2D eigenvalue weighted by Crippen LogP contribution is 2.54. The molecule has 0 aromatic heterocycles. The molecule has 0 fully saturated rings.